The summed E-state index contributed by atoms with van der Waals surface area (Å²) in [4.78, 5) is 12.4. The summed E-state index contributed by atoms with van der Waals surface area (Å²) in [6.07, 6.45) is 3.39. The first kappa shape index (κ1) is 14.4. The molecule has 0 aliphatic carbocycles. The standard InChI is InChI=1S/C15H20N2O3S/c18-15(17-12-6-3-9-21(19,20)10-12)13-7-1-4-11-5-2-8-16-14(11)13/h1,4,7,12,16H,2-3,5-6,8-10H2,(H,17,18). The van der Waals surface area contributed by atoms with Crippen LogP contribution in [0.1, 0.15) is 35.2 Å². The van der Waals surface area contributed by atoms with E-state index in [1.165, 1.54) is 0 Å². The van der Waals surface area contributed by atoms with Gasteiger partial charge in [0.2, 0.25) is 0 Å². The lowest BCUT2D eigenvalue weighted by Crippen LogP contribution is -2.43. The minimum Gasteiger partial charge on any atom is -0.384 e. The third-order valence-electron chi connectivity index (χ3n) is 4.12. The van der Waals surface area contributed by atoms with Gasteiger partial charge < -0.3 is 10.6 Å². The molecule has 2 heterocycles. The normalized spacial score (nSPS) is 23.7. The topological polar surface area (TPSA) is 75.3 Å². The lowest BCUT2D eigenvalue weighted by Gasteiger charge is -2.25. The van der Waals surface area contributed by atoms with Gasteiger partial charge in [-0.15, -0.1) is 0 Å². The maximum atomic E-state index is 12.4. The molecule has 2 N–H and O–H groups in total. The summed E-state index contributed by atoms with van der Waals surface area (Å²) in [7, 11) is -3.01. The zero-order valence-electron chi connectivity index (χ0n) is 11.9. The predicted molar refractivity (Wildman–Crippen MR) is 82.4 cm³/mol. The van der Waals surface area contributed by atoms with Gasteiger partial charge in [-0.2, -0.15) is 0 Å². The van der Waals surface area contributed by atoms with Gasteiger partial charge in [-0.1, -0.05) is 12.1 Å². The second kappa shape index (κ2) is 5.67. The van der Waals surface area contributed by atoms with Crippen molar-refractivity contribution in [3.63, 3.8) is 0 Å². The molecule has 1 aromatic rings. The number of hydrogen-bond acceptors (Lipinski definition) is 4. The molecule has 0 saturated carbocycles. The number of carbonyl (C=O) groups excluding carboxylic acids is 1. The van der Waals surface area contributed by atoms with Gasteiger partial charge >= 0.3 is 0 Å². The second-order valence-electron chi connectivity index (χ2n) is 5.80. The van der Waals surface area contributed by atoms with Crippen molar-refractivity contribution in [2.75, 3.05) is 23.4 Å². The van der Waals surface area contributed by atoms with Crippen molar-refractivity contribution in [3.8, 4) is 0 Å². The van der Waals surface area contributed by atoms with Crippen molar-refractivity contribution in [2.24, 2.45) is 0 Å². The van der Waals surface area contributed by atoms with Crippen LogP contribution in [0, 0.1) is 0 Å². The summed E-state index contributed by atoms with van der Waals surface area (Å²) < 4.78 is 23.3. The Bertz CT molecular complexity index is 655. The van der Waals surface area contributed by atoms with E-state index in [-0.39, 0.29) is 23.5 Å². The van der Waals surface area contributed by atoms with Gasteiger partial charge in [0.1, 0.15) is 0 Å². The molecule has 5 nitrogen and oxygen atoms in total. The highest BCUT2D eigenvalue weighted by Crippen LogP contribution is 2.26. The number of para-hydroxylation sites is 1. The summed E-state index contributed by atoms with van der Waals surface area (Å²) in [5, 5.41) is 6.17. The van der Waals surface area contributed by atoms with E-state index in [4.69, 9.17) is 0 Å². The van der Waals surface area contributed by atoms with Crippen molar-refractivity contribution < 1.29 is 13.2 Å². The number of anilines is 1. The molecule has 0 spiro atoms. The molecule has 21 heavy (non-hydrogen) atoms. The van der Waals surface area contributed by atoms with E-state index in [0.717, 1.165) is 37.1 Å². The predicted octanol–water partition coefficient (Wildman–Crippen LogP) is 1.35. The first-order valence-corrected chi connectivity index (χ1v) is 9.24. The van der Waals surface area contributed by atoms with E-state index in [9.17, 15) is 13.2 Å². The SMILES string of the molecule is O=C(NC1CCCS(=O)(=O)C1)c1cccc2c1NCCC2. The van der Waals surface area contributed by atoms with Gasteiger partial charge in [0, 0.05) is 12.6 Å². The summed E-state index contributed by atoms with van der Waals surface area (Å²) in [6.45, 7) is 0.870. The maximum absolute atomic E-state index is 12.4. The highest BCUT2D eigenvalue weighted by atomic mass is 32.2. The van der Waals surface area contributed by atoms with Crippen LogP contribution >= 0.6 is 0 Å². The maximum Gasteiger partial charge on any atom is 0.253 e. The Labute approximate surface area is 125 Å². The zero-order chi connectivity index (χ0) is 14.9. The Morgan fingerprint density at radius 1 is 1.29 bits per heavy atom. The highest BCUT2D eigenvalue weighted by molar-refractivity contribution is 7.91. The van der Waals surface area contributed by atoms with Gasteiger partial charge in [-0.05, 0) is 37.3 Å². The van der Waals surface area contributed by atoms with E-state index in [1.54, 1.807) is 6.07 Å². The van der Waals surface area contributed by atoms with Gasteiger partial charge in [0.15, 0.2) is 9.84 Å². The van der Waals surface area contributed by atoms with Crippen LogP contribution in [0.4, 0.5) is 5.69 Å². The quantitative estimate of drug-likeness (QED) is 0.865. The number of fused-ring (bicyclic) bond motifs is 1. The number of sulfone groups is 1. The van der Waals surface area contributed by atoms with Gasteiger partial charge in [-0.25, -0.2) is 8.42 Å². The summed E-state index contributed by atoms with van der Waals surface area (Å²) in [5.41, 5.74) is 2.68. The molecular weight excluding hydrogens is 288 g/mol. The van der Waals surface area contributed by atoms with E-state index in [2.05, 4.69) is 10.6 Å². The van der Waals surface area contributed by atoms with Gasteiger partial charge in [-0.3, -0.25) is 4.79 Å². The van der Waals surface area contributed by atoms with Crippen LogP contribution in [0.15, 0.2) is 18.2 Å². The molecule has 1 amide bonds. The number of hydrogen-bond donors (Lipinski definition) is 2. The summed E-state index contributed by atoms with van der Waals surface area (Å²) >= 11 is 0. The van der Waals surface area contributed by atoms with Crippen LogP contribution in [-0.2, 0) is 16.3 Å². The Hall–Kier alpha value is -1.56. The highest BCUT2D eigenvalue weighted by Gasteiger charge is 2.27. The molecule has 1 aromatic carbocycles. The Kier molecular flexibility index (Phi) is 3.89. The molecule has 0 radical (unpaired) electrons. The fourth-order valence-corrected chi connectivity index (χ4v) is 4.73. The Morgan fingerprint density at radius 3 is 2.95 bits per heavy atom. The van der Waals surface area contributed by atoms with Gasteiger partial charge in [0.05, 0.1) is 22.8 Å². The number of carbonyl (C=O) groups is 1. The fourth-order valence-electron chi connectivity index (χ4n) is 3.10. The molecule has 3 rings (SSSR count). The van der Waals surface area contributed by atoms with Crippen LogP contribution in [0.25, 0.3) is 0 Å². The van der Waals surface area contributed by atoms with E-state index in [1.807, 2.05) is 12.1 Å². The minimum absolute atomic E-state index is 0.0567. The van der Waals surface area contributed by atoms with Crippen molar-refractivity contribution in [1.29, 1.82) is 0 Å². The molecule has 1 atom stereocenters. The van der Waals surface area contributed by atoms with Crippen molar-refractivity contribution in [3.05, 3.63) is 29.3 Å². The third kappa shape index (κ3) is 3.20. The average molecular weight is 308 g/mol. The molecule has 0 aromatic heterocycles. The Balaban J connectivity index is 1.77. The first-order valence-electron chi connectivity index (χ1n) is 7.42. The van der Waals surface area contributed by atoms with E-state index >= 15 is 0 Å². The average Bonchev–Trinajstić information content (AvgIpc) is 2.45. The molecule has 2 aliphatic rings. The fraction of sp³-hybridized carbons (Fsp3) is 0.533. The largest absolute Gasteiger partial charge is 0.384 e. The second-order valence-corrected chi connectivity index (χ2v) is 8.03. The van der Waals surface area contributed by atoms with Crippen LogP contribution in [0.2, 0.25) is 0 Å². The van der Waals surface area contributed by atoms with E-state index < -0.39 is 9.84 Å². The summed E-state index contributed by atoms with van der Waals surface area (Å²) in [6, 6.07) is 5.45. The monoisotopic (exact) mass is 308 g/mol. The van der Waals surface area contributed by atoms with Crippen LogP contribution in [0.5, 0.6) is 0 Å². The number of aryl methyl sites for hydroxylation is 1. The lowest BCUT2D eigenvalue weighted by molar-refractivity contribution is 0.0939. The smallest absolute Gasteiger partial charge is 0.253 e. The Morgan fingerprint density at radius 2 is 2.14 bits per heavy atom. The summed E-state index contributed by atoms with van der Waals surface area (Å²) in [5.74, 6) is 0.117. The third-order valence-corrected chi connectivity index (χ3v) is 5.94. The zero-order valence-corrected chi connectivity index (χ0v) is 12.7. The van der Waals surface area contributed by atoms with Crippen molar-refractivity contribution in [2.45, 2.75) is 31.7 Å². The molecule has 0 bridgehead atoms. The van der Waals surface area contributed by atoms with Crippen LogP contribution < -0.4 is 10.6 Å². The number of amides is 1. The number of benzene rings is 1. The number of rotatable bonds is 2. The number of nitrogens with one attached hydrogen (secondary N) is 2. The van der Waals surface area contributed by atoms with Crippen LogP contribution in [0.3, 0.4) is 0 Å². The molecule has 2 aliphatic heterocycles. The van der Waals surface area contributed by atoms with Crippen molar-refractivity contribution >= 4 is 21.4 Å². The molecular formula is C15H20N2O3S. The molecule has 1 fully saturated rings. The minimum atomic E-state index is -3.01. The van der Waals surface area contributed by atoms with E-state index in [0.29, 0.717) is 12.0 Å². The molecule has 1 unspecified atom stereocenters. The molecule has 1 saturated heterocycles. The molecule has 114 valence electrons. The first-order chi connectivity index (χ1) is 10.1. The van der Waals surface area contributed by atoms with Gasteiger partial charge in [0.25, 0.3) is 5.91 Å². The van der Waals surface area contributed by atoms with Crippen molar-refractivity contribution in [1.82, 2.24) is 5.32 Å². The lowest BCUT2D eigenvalue weighted by atomic mass is 9.99. The van der Waals surface area contributed by atoms with Crippen LogP contribution in [-0.4, -0.2) is 38.4 Å². The molecule has 6 heteroatoms.